The number of aliphatic carboxylic acids is 1. The summed E-state index contributed by atoms with van der Waals surface area (Å²) in [6, 6.07) is 13.0. The highest BCUT2D eigenvalue weighted by molar-refractivity contribution is 6.00. The maximum absolute atomic E-state index is 13.1. The number of nitrogens with zero attached hydrogens (tertiary/aromatic N) is 1. The van der Waals surface area contributed by atoms with E-state index >= 15 is 0 Å². The highest BCUT2D eigenvalue weighted by Gasteiger charge is 2.36. The van der Waals surface area contributed by atoms with E-state index in [4.69, 9.17) is 0 Å². The fourth-order valence-electron chi connectivity index (χ4n) is 3.54. The molecule has 2 amide bonds. The fourth-order valence-corrected chi connectivity index (χ4v) is 3.54. The van der Waals surface area contributed by atoms with Gasteiger partial charge in [-0.3, -0.25) is 9.59 Å². The summed E-state index contributed by atoms with van der Waals surface area (Å²) in [5.74, 6) is -1.36. The molecule has 0 bridgehead atoms. The highest BCUT2D eigenvalue weighted by atomic mass is 16.4. The Hall–Kier alpha value is -3.15. The summed E-state index contributed by atoms with van der Waals surface area (Å²) >= 11 is 0. The number of hydrogen-bond donors (Lipinski definition) is 2. The summed E-state index contributed by atoms with van der Waals surface area (Å²) < 4.78 is 0. The van der Waals surface area contributed by atoms with Gasteiger partial charge in [0, 0.05) is 23.7 Å². The number of fused-ring (bicyclic) bond motifs is 1. The van der Waals surface area contributed by atoms with Gasteiger partial charge in [0.25, 0.3) is 5.91 Å². The molecule has 6 heteroatoms. The average molecular weight is 364 g/mol. The standard InChI is InChI=1S/C21H20N2O4/c24-19(14-8-9-14)22-16-6-3-5-15(12-16)20(25)23-11-10-13-4-1-2-7-17(13)18(23)21(26)27/h1-7,12,14,18H,8-11H2,(H,22,24)(H,26,27). The lowest BCUT2D eigenvalue weighted by molar-refractivity contribution is -0.143. The monoisotopic (exact) mass is 364 g/mol. The average Bonchev–Trinajstić information content (AvgIpc) is 3.52. The molecule has 0 saturated heterocycles. The van der Waals surface area contributed by atoms with Gasteiger partial charge in [-0.15, -0.1) is 0 Å². The summed E-state index contributed by atoms with van der Waals surface area (Å²) in [4.78, 5) is 38.3. The van der Waals surface area contributed by atoms with Crippen molar-refractivity contribution >= 4 is 23.5 Å². The van der Waals surface area contributed by atoms with Gasteiger partial charge in [-0.05, 0) is 48.6 Å². The van der Waals surface area contributed by atoms with Crippen molar-refractivity contribution in [3.05, 3.63) is 65.2 Å². The predicted octanol–water partition coefficient (Wildman–Crippen LogP) is 2.86. The molecule has 2 N–H and O–H groups in total. The molecular weight excluding hydrogens is 344 g/mol. The van der Waals surface area contributed by atoms with Crippen molar-refractivity contribution in [2.75, 3.05) is 11.9 Å². The van der Waals surface area contributed by atoms with Crippen molar-refractivity contribution in [3.8, 4) is 0 Å². The molecule has 2 aromatic carbocycles. The largest absolute Gasteiger partial charge is 0.479 e. The molecule has 1 fully saturated rings. The first-order chi connectivity index (χ1) is 13.0. The van der Waals surface area contributed by atoms with Crippen molar-refractivity contribution in [2.24, 2.45) is 5.92 Å². The lowest BCUT2D eigenvalue weighted by Gasteiger charge is -2.34. The molecule has 138 valence electrons. The smallest absolute Gasteiger partial charge is 0.331 e. The maximum atomic E-state index is 13.1. The Morgan fingerprint density at radius 1 is 1.04 bits per heavy atom. The summed E-state index contributed by atoms with van der Waals surface area (Å²) in [5.41, 5.74) is 2.54. The molecule has 4 rings (SSSR count). The number of carbonyl (C=O) groups is 3. The topological polar surface area (TPSA) is 86.7 Å². The second-order valence-electron chi connectivity index (χ2n) is 7.03. The SMILES string of the molecule is O=C(Nc1cccc(C(=O)N2CCc3ccccc3C2C(=O)O)c1)C1CC1. The number of benzene rings is 2. The fraction of sp³-hybridized carbons (Fsp3) is 0.286. The first-order valence-corrected chi connectivity index (χ1v) is 9.07. The quantitative estimate of drug-likeness (QED) is 0.873. The molecule has 1 unspecified atom stereocenters. The van der Waals surface area contributed by atoms with Crippen molar-refractivity contribution in [1.82, 2.24) is 4.90 Å². The van der Waals surface area contributed by atoms with Crippen molar-refractivity contribution in [2.45, 2.75) is 25.3 Å². The number of rotatable bonds is 4. The third-order valence-electron chi connectivity index (χ3n) is 5.10. The minimum Gasteiger partial charge on any atom is -0.479 e. The van der Waals surface area contributed by atoms with E-state index in [0.717, 1.165) is 18.4 Å². The summed E-state index contributed by atoms with van der Waals surface area (Å²) in [7, 11) is 0. The molecule has 0 spiro atoms. The maximum Gasteiger partial charge on any atom is 0.331 e. The van der Waals surface area contributed by atoms with Crippen LogP contribution in [0.4, 0.5) is 5.69 Å². The number of amides is 2. The zero-order chi connectivity index (χ0) is 19.0. The first kappa shape index (κ1) is 17.3. The Bertz CT molecular complexity index is 920. The van der Waals surface area contributed by atoms with E-state index in [1.807, 2.05) is 12.1 Å². The lowest BCUT2D eigenvalue weighted by atomic mass is 9.92. The molecule has 6 nitrogen and oxygen atoms in total. The Labute approximate surface area is 156 Å². The molecular formula is C21H20N2O4. The first-order valence-electron chi connectivity index (χ1n) is 9.07. The number of nitrogens with one attached hydrogen (secondary N) is 1. The van der Waals surface area contributed by atoms with Crippen LogP contribution in [0.15, 0.2) is 48.5 Å². The van der Waals surface area contributed by atoms with Crippen LogP contribution in [-0.4, -0.2) is 34.3 Å². The number of carbonyl (C=O) groups excluding carboxylic acids is 2. The minimum atomic E-state index is -1.05. The van der Waals surface area contributed by atoms with E-state index < -0.39 is 12.0 Å². The Balaban J connectivity index is 1.60. The predicted molar refractivity (Wildman–Crippen MR) is 99.4 cm³/mol. The molecule has 0 aromatic heterocycles. The number of carboxylic acids is 1. The normalized spacial score (nSPS) is 18.5. The molecule has 1 aliphatic heterocycles. The second kappa shape index (κ2) is 6.87. The van der Waals surface area contributed by atoms with Crippen LogP contribution in [0.5, 0.6) is 0 Å². The van der Waals surface area contributed by atoms with Gasteiger partial charge >= 0.3 is 5.97 Å². The van der Waals surface area contributed by atoms with Crippen LogP contribution >= 0.6 is 0 Å². The third-order valence-corrected chi connectivity index (χ3v) is 5.10. The van der Waals surface area contributed by atoms with Crippen molar-refractivity contribution in [3.63, 3.8) is 0 Å². The van der Waals surface area contributed by atoms with Gasteiger partial charge < -0.3 is 15.3 Å². The van der Waals surface area contributed by atoms with Crippen LogP contribution in [0, 0.1) is 5.92 Å². The van der Waals surface area contributed by atoms with Crippen molar-refractivity contribution in [1.29, 1.82) is 0 Å². The molecule has 2 aromatic rings. The molecule has 1 heterocycles. The van der Waals surface area contributed by atoms with Gasteiger partial charge in [-0.2, -0.15) is 0 Å². The van der Waals surface area contributed by atoms with Crippen molar-refractivity contribution < 1.29 is 19.5 Å². The molecule has 0 radical (unpaired) electrons. The van der Waals surface area contributed by atoms with E-state index in [-0.39, 0.29) is 17.7 Å². The van der Waals surface area contributed by atoms with Gasteiger partial charge in [-0.25, -0.2) is 4.79 Å². The van der Waals surface area contributed by atoms with E-state index in [9.17, 15) is 19.5 Å². The van der Waals surface area contributed by atoms with E-state index in [0.29, 0.717) is 29.8 Å². The summed E-state index contributed by atoms with van der Waals surface area (Å²) in [6.45, 7) is 0.339. The van der Waals surface area contributed by atoms with Crippen LogP contribution in [0.1, 0.15) is 40.4 Å². The number of hydrogen-bond acceptors (Lipinski definition) is 3. The summed E-state index contributed by atoms with van der Waals surface area (Å²) in [5, 5.41) is 12.6. The molecule has 1 saturated carbocycles. The second-order valence-corrected chi connectivity index (χ2v) is 7.03. The molecule has 27 heavy (non-hydrogen) atoms. The van der Waals surface area contributed by atoms with Gasteiger partial charge in [0.05, 0.1) is 0 Å². The zero-order valence-electron chi connectivity index (χ0n) is 14.7. The minimum absolute atomic E-state index is 0.0325. The number of anilines is 1. The van der Waals surface area contributed by atoms with Crippen LogP contribution in [-0.2, 0) is 16.0 Å². The Kier molecular flexibility index (Phi) is 4.39. The van der Waals surface area contributed by atoms with E-state index in [2.05, 4.69) is 5.32 Å². The van der Waals surface area contributed by atoms with Gasteiger partial charge in [0.2, 0.25) is 5.91 Å². The highest BCUT2D eigenvalue weighted by Crippen LogP contribution is 2.32. The molecule has 2 aliphatic rings. The molecule has 1 atom stereocenters. The van der Waals surface area contributed by atoms with E-state index in [1.54, 1.807) is 36.4 Å². The van der Waals surface area contributed by atoms with Gasteiger partial charge in [-0.1, -0.05) is 30.3 Å². The number of carboxylic acid groups (broad SMARTS) is 1. The van der Waals surface area contributed by atoms with Crippen LogP contribution in [0.2, 0.25) is 0 Å². The van der Waals surface area contributed by atoms with Crippen LogP contribution in [0.25, 0.3) is 0 Å². The van der Waals surface area contributed by atoms with Gasteiger partial charge in [0.15, 0.2) is 6.04 Å². The zero-order valence-corrected chi connectivity index (χ0v) is 14.7. The van der Waals surface area contributed by atoms with Crippen LogP contribution in [0.3, 0.4) is 0 Å². The molecule has 1 aliphatic carbocycles. The van der Waals surface area contributed by atoms with Gasteiger partial charge in [0.1, 0.15) is 0 Å². The Morgan fingerprint density at radius 3 is 2.56 bits per heavy atom. The van der Waals surface area contributed by atoms with Crippen LogP contribution < -0.4 is 5.32 Å². The third kappa shape index (κ3) is 3.43. The summed E-state index contributed by atoms with van der Waals surface area (Å²) in [6.07, 6.45) is 2.42. The van der Waals surface area contributed by atoms with E-state index in [1.165, 1.54) is 4.90 Å². The lowest BCUT2D eigenvalue weighted by Crippen LogP contribution is -2.43. The Morgan fingerprint density at radius 2 is 1.81 bits per heavy atom.